The summed E-state index contributed by atoms with van der Waals surface area (Å²) in [5, 5.41) is 8.20. The molecule has 6 nitrogen and oxygen atoms in total. The topological polar surface area (TPSA) is 93.6 Å². The number of carboxylic acid groups (broad SMARTS) is 1. The van der Waals surface area contributed by atoms with Gasteiger partial charge in [0.2, 0.25) is 0 Å². The van der Waals surface area contributed by atoms with Crippen LogP contribution in [0.25, 0.3) is 0 Å². The maximum absolute atomic E-state index is 14.2. The van der Waals surface area contributed by atoms with Crippen molar-refractivity contribution in [1.82, 2.24) is 4.98 Å². The number of carbonyl (C=O) groups is 1. The zero-order valence-electron chi connectivity index (χ0n) is 20.8. The third-order valence-corrected chi connectivity index (χ3v) is 9.70. The molecule has 1 unspecified atom stereocenters. The number of ether oxygens (including phenoxy) is 1. The normalized spacial score (nSPS) is 18.8. The molecule has 1 atom stereocenters. The largest absolute Gasteiger partial charge is 0.487 e. The zero-order chi connectivity index (χ0) is 24.8. The molecule has 0 saturated carbocycles. The van der Waals surface area contributed by atoms with E-state index in [0.717, 1.165) is 52.1 Å². The lowest BCUT2D eigenvalue weighted by Gasteiger charge is -2.27. The summed E-state index contributed by atoms with van der Waals surface area (Å²) >= 11 is 0. The van der Waals surface area contributed by atoms with Gasteiger partial charge in [-0.15, -0.1) is 0 Å². The second-order valence-corrected chi connectivity index (χ2v) is 12.5. The average molecular weight is 486 g/mol. The van der Waals surface area contributed by atoms with E-state index >= 15 is 0 Å². The predicted octanol–water partition coefficient (Wildman–Crippen LogP) is 5.37. The molecule has 1 N–H and O–H groups in total. The number of nitrogens with zero attached hydrogens (tertiary/aromatic N) is 1. The summed E-state index contributed by atoms with van der Waals surface area (Å²) in [5.41, 5.74) is 5.65. The van der Waals surface area contributed by atoms with Gasteiger partial charge in [-0.1, -0.05) is 6.07 Å². The summed E-state index contributed by atoms with van der Waals surface area (Å²) < 4.78 is 34.6. The van der Waals surface area contributed by atoms with Crippen LogP contribution in [0.1, 0.15) is 90.4 Å². The second-order valence-electron chi connectivity index (χ2n) is 10.4. The minimum atomic E-state index is -3.67. The van der Waals surface area contributed by atoms with Gasteiger partial charge < -0.3 is 9.84 Å². The molecule has 0 amide bonds. The number of unbranched alkanes of at least 4 members (excludes halogenated alkanes) is 1. The van der Waals surface area contributed by atoms with Gasteiger partial charge in [0, 0.05) is 24.1 Å². The molecule has 0 spiro atoms. The van der Waals surface area contributed by atoms with Crippen LogP contribution in [0.2, 0.25) is 0 Å². The van der Waals surface area contributed by atoms with E-state index in [4.69, 9.17) is 14.8 Å². The number of sulfone groups is 1. The van der Waals surface area contributed by atoms with Gasteiger partial charge >= 0.3 is 5.97 Å². The van der Waals surface area contributed by atoms with E-state index in [0.29, 0.717) is 42.7 Å². The molecule has 0 bridgehead atoms. The van der Waals surface area contributed by atoms with Crippen molar-refractivity contribution < 1.29 is 23.1 Å². The molecule has 1 aliphatic heterocycles. The fraction of sp³-hybridized carbons (Fsp3) is 0.556. The number of pyridine rings is 1. The molecule has 1 aliphatic carbocycles. The van der Waals surface area contributed by atoms with Crippen LogP contribution < -0.4 is 4.74 Å². The van der Waals surface area contributed by atoms with Gasteiger partial charge in [-0.05, 0) is 101 Å². The van der Waals surface area contributed by atoms with Crippen LogP contribution in [0.5, 0.6) is 5.75 Å². The SMILES string of the molecule is Cc1c(C)c(S(=O)(=O)C2CCCc3ccc(CCCCC(=O)O)nc32)c(C)c2c1OC(C)(C)C2. The molecule has 0 saturated heterocycles. The molecular weight excluding hydrogens is 450 g/mol. The molecule has 0 fully saturated rings. The van der Waals surface area contributed by atoms with Gasteiger partial charge in [0.25, 0.3) is 0 Å². The lowest BCUT2D eigenvalue weighted by atomic mass is 9.94. The third-order valence-electron chi connectivity index (χ3n) is 7.31. The quantitative estimate of drug-likeness (QED) is 0.530. The highest BCUT2D eigenvalue weighted by atomic mass is 32.2. The lowest BCUT2D eigenvalue weighted by molar-refractivity contribution is -0.137. The summed E-state index contributed by atoms with van der Waals surface area (Å²) in [4.78, 5) is 16.1. The molecule has 7 heteroatoms. The first-order valence-corrected chi connectivity index (χ1v) is 13.7. The van der Waals surface area contributed by atoms with Crippen molar-refractivity contribution in [3.63, 3.8) is 0 Å². The predicted molar refractivity (Wildman–Crippen MR) is 131 cm³/mol. The second kappa shape index (κ2) is 8.99. The minimum Gasteiger partial charge on any atom is -0.487 e. The molecular formula is C27H35NO5S. The van der Waals surface area contributed by atoms with E-state index in [1.165, 1.54) is 0 Å². The number of hydrogen-bond acceptors (Lipinski definition) is 5. The van der Waals surface area contributed by atoms with Crippen molar-refractivity contribution in [1.29, 1.82) is 0 Å². The van der Waals surface area contributed by atoms with Crippen molar-refractivity contribution >= 4 is 15.8 Å². The van der Waals surface area contributed by atoms with Gasteiger partial charge in [-0.2, -0.15) is 0 Å². The number of rotatable bonds is 7. The maximum atomic E-state index is 14.2. The van der Waals surface area contributed by atoms with Gasteiger partial charge in [-0.25, -0.2) is 8.42 Å². The summed E-state index contributed by atoms with van der Waals surface area (Å²) in [5.74, 6) is 0.0403. The Bertz CT molecular complexity index is 1250. The lowest BCUT2D eigenvalue weighted by Crippen LogP contribution is -2.25. The highest BCUT2D eigenvalue weighted by molar-refractivity contribution is 7.91. The summed E-state index contributed by atoms with van der Waals surface area (Å²) in [6.07, 6.45) is 4.98. The Morgan fingerprint density at radius 3 is 2.59 bits per heavy atom. The molecule has 2 aromatic rings. The number of hydrogen-bond donors (Lipinski definition) is 1. The van der Waals surface area contributed by atoms with Gasteiger partial charge in [0.1, 0.15) is 16.6 Å². The Labute approximate surface area is 202 Å². The average Bonchev–Trinajstić information content (AvgIpc) is 3.10. The Balaban J connectivity index is 1.72. The summed E-state index contributed by atoms with van der Waals surface area (Å²) in [7, 11) is -3.67. The standard InChI is InChI=1S/C27H35NO5S/c1-16-17(2)26(18(3)21-15-27(4,5)33-25(16)21)34(31,32)22-11-8-9-19-13-14-20(28-24(19)22)10-6-7-12-23(29)30/h13-14,22H,6-12,15H2,1-5H3,(H,29,30). The van der Waals surface area contributed by atoms with E-state index in [9.17, 15) is 13.2 Å². The first kappa shape index (κ1) is 24.7. The highest BCUT2D eigenvalue weighted by Gasteiger charge is 2.40. The van der Waals surface area contributed by atoms with Crippen LogP contribution in [0.4, 0.5) is 0 Å². The molecule has 1 aromatic carbocycles. The number of fused-ring (bicyclic) bond motifs is 2. The highest BCUT2D eigenvalue weighted by Crippen LogP contribution is 2.47. The van der Waals surface area contributed by atoms with Crippen molar-refractivity contribution in [3.8, 4) is 5.75 Å². The monoisotopic (exact) mass is 485 g/mol. The van der Waals surface area contributed by atoms with Crippen molar-refractivity contribution in [3.05, 3.63) is 51.3 Å². The number of aryl methyl sites for hydroxylation is 2. The third kappa shape index (κ3) is 4.47. The first-order valence-electron chi connectivity index (χ1n) is 12.2. The fourth-order valence-corrected chi connectivity index (χ4v) is 7.88. The Morgan fingerprint density at radius 1 is 1.15 bits per heavy atom. The molecule has 4 rings (SSSR count). The van der Waals surface area contributed by atoms with Crippen LogP contribution in [0.3, 0.4) is 0 Å². The van der Waals surface area contributed by atoms with Crippen molar-refractivity contribution in [2.45, 2.75) is 102 Å². The van der Waals surface area contributed by atoms with Crippen LogP contribution in [-0.2, 0) is 33.9 Å². The Kier molecular flexibility index (Phi) is 6.53. The number of aromatic nitrogens is 1. The summed E-state index contributed by atoms with van der Waals surface area (Å²) in [6.45, 7) is 9.83. The number of aliphatic carboxylic acids is 1. The zero-order valence-corrected chi connectivity index (χ0v) is 21.6. The Hall–Kier alpha value is -2.41. The van der Waals surface area contributed by atoms with Crippen LogP contribution in [0, 0.1) is 20.8 Å². The van der Waals surface area contributed by atoms with E-state index in [-0.39, 0.29) is 12.0 Å². The molecule has 2 heterocycles. The number of carboxylic acids is 1. The van der Waals surface area contributed by atoms with E-state index in [1.807, 2.05) is 46.8 Å². The van der Waals surface area contributed by atoms with E-state index in [1.54, 1.807) is 0 Å². The minimum absolute atomic E-state index is 0.138. The molecule has 2 aliphatic rings. The van der Waals surface area contributed by atoms with Crippen LogP contribution in [0.15, 0.2) is 17.0 Å². The van der Waals surface area contributed by atoms with Crippen LogP contribution in [-0.4, -0.2) is 30.1 Å². The maximum Gasteiger partial charge on any atom is 0.303 e. The summed E-state index contributed by atoms with van der Waals surface area (Å²) in [6, 6.07) is 3.98. The van der Waals surface area contributed by atoms with E-state index in [2.05, 4.69) is 0 Å². The van der Waals surface area contributed by atoms with E-state index < -0.39 is 21.1 Å². The smallest absolute Gasteiger partial charge is 0.303 e. The molecule has 184 valence electrons. The number of benzene rings is 1. The van der Waals surface area contributed by atoms with Gasteiger partial charge in [0.05, 0.1) is 10.6 Å². The molecule has 34 heavy (non-hydrogen) atoms. The van der Waals surface area contributed by atoms with Gasteiger partial charge in [0.15, 0.2) is 9.84 Å². The van der Waals surface area contributed by atoms with Crippen LogP contribution >= 0.6 is 0 Å². The fourth-order valence-electron chi connectivity index (χ4n) is 5.49. The molecule has 1 aromatic heterocycles. The Morgan fingerprint density at radius 2 is 1.88 bits per heavy atom. The van der Waals surface area contributed by atoms with Crippen molar-refractivity contribution in [2.75, 3.05) is 0 Å². The van der Waals surface area contributed by atoms with Gasteiger partial charge in [-0.3, -0.25) is 9.78 Å². The van der Waals surface area contributed by atoms with Crippen molar-refractivity contribution in [2.24, 2.45) is 0 Å². The molecule has 0 radical (unpaired) electrons. The first-order chi connectivity index (χ1) is 15.9.